The van der Waals surface area contributed by atoms with Crippen LogP contribution in [-0.2, 0) is 4.79 Å². The van der Waals surface area contributed by atoms with Gasteiger partial charge in [-0.05, 0) is 5.92 Å². The number of carboxylic acid groups (broad SMARTS) is 1. The third kappa shape index (κ3) is 6.76. The Bertz CT molecular complexity index is 157. The van der Waals surface area contributed by atoms with E-state index in [2.05, 4.69) is 0 Å². The van der Waals surface area contributed by atoms with E-state index in [9.17, 15) is 14.9 Å². The highest BCUT2D eigenvalue weighted by Gasteiger charge is 2.09. The highest BCUT2D eigenvalue weighted by Crippen LogP contribution is 2.06. The average Bonchev–Trinajstić information content (AvgIpc) is 1.82. The Hall–Kier alpha value is -1.13. The van der Waals surface area contributed by atoms with Crippen LogP contribution in [0.5, 0.6) is 0 Å². The van der Waals surface area contributed by atoms with Crippen LogP contribution in [0, 0.1) is 16.0 Å². The molecule has 0 saturated carbocycles. The Balaban J connectivity index is 3.44. The first kappa shape index (κ1) is 9.87. The van der Waals surface area contributed by atoms with Gasteiger partial charge in [-0.25, -0.2) is 0 Å². The molecule has 5 nitrogen and oxygen atoms in total. The van der Waals surface area contributed by atoms with Gasteiger partial charge < -0.3 is 5.11 Å². The third-order valence-electron chi connectivity index (χ3n) is 1.33. The predicted molar refractivity (Wildman–Crippen MR) is 37.9 cm³/mol. The van der Waals surface area contributed by atoms with Crippen molar-refractivity contribution in [2.75, 3.05) is 6.54 Å². The number of carbonyl (C=O) groups is 1. The van der Waals surface area contributed by atoms with Gasteiger partial charge in [-0.3, -0.25) is 14.9 Å². The lowest BCUT2D eigenvalue weighted by Crippen LogP contribution is -2.10. The molecule has 5 heteroatoms. The molecular weight excluding hydrogens is 150 g/mol. The van der Waals surface area contributed by atoms with E-state index >= 15 is 0 Å². The van der Waals surface area contributed by atoms with Crippen molar-refractivity contribution >= 4 is 5.97 Å². The Kier molecular flexibility index (Phi) is 4.17. The Morgan fingerprint density at radius 3 is 2.64 bits per heavy atom. The SMILES string of the molecule is CC(CC[N+](=O)[O-])CC(=O)O. The van der Waals surface area contributed by atoms with Gasteiger partial charge in [0.2, 0.25) is 6.54 Å². The molecule has 0 saturated heterocycles. The summed E-state index contributed by atoms with van der Waals surface area (Å²) < 4.78 is 0. The van der Waals surface area contributed by atoms with E-state index < -0.39 is 10.9 Å². The maximum Gasteiger partial charge on any atom is 0.303 e. The first-order valence-corrected chi connectivity index (χ1v) is 3.36. The Labute approximate surface area is 64.2 Å². The first-order chi connectivity index (χ1) is 5.02. The van der Waals surface area contributed by atoms with Crippen molar-refractivity contribution in [1.29, 1.82) is 0 Å². The van der Waals surface area contributed by atoms with Crippen LogP contribution >= 0.6 is 0 Å². The standard InChI is InChI=1S/C6H11NO4/c1-5(4-6(8)9)2-3-7(10)11/h5H,2-4H2,1H3,(H,8,9). The monoisotopic (exact) mass is 161 g/mol. The molecule has 0 aliphatic carbocycles. The number of aliphatic carboxylic acids is 1. The maximum atomic E-state index is 10.1. The largest absolute Gasteiger partial charge is 0.481 e. The van der Waals surface area contributed by atoms with Gasteiger partial charge in [0, 0.05) is 17.8 Å². The molecule has 0 aliphatic heterocycles. The van der Waals surface area contributed by atoms with E-state index in [0.717, 1.165) is 0 Å². The molecule has 1 unspecified atom stereocenters. The smallest absolute Gasteiger partial charge is 0.303 e. The number of hydrogen-bond donors (Lipinski definition) is 1. The second kappa shape index (κ2) is 4.65. The summed E-state index contributed by atoms with van der Waals surface area (Å²) in [7, 11) is 0. The predicted octanol–water partition coefficient (Wildman–Crippen LogP) is 0.764. The molecule has 0 radical (unpaired) electrons. The fourth-order valence-electron chi connectivity index (χ4n) is 0.726. The lowest BCUT2D eigenvalue weighted by atomic mass is 10.0. The molecule has 0 aromatic rings. The van der Waals surface area contributed by atoms with Crippen LogP contribution in [0.15, 0.2) is 0 Å². The zero-order valence-corrected chi connectivity index (χ0v) is 6.32. The topological polar surface area (TPSA) is 80.4 Å². The molecule has 0 spiro atoms. The number of carboxylic acids is 1. The van der Waals surface area contributed by atoms with E-state index in [1.54, 1.807) is 6.92 Å². The van der Waals surface area contributed by atoms with Crippen molar-refractivity contribution in [2.45, 2.75) is 19.8 Å². The lowest BCUT2D eigenvalue weighted by Gasteiger charge is -2.03. The van der Waals surface area contributed by atoms with E-state index in [1.807, 2.05) is 0 Å². The van der Waals surface area contributed by atoms with Crippen molar-refractivity contribution < 1.29 is 14.8 Å². The Morgan fingerprint density at radius 1 is 1.73 bits per heavy atom. The lowest BCUT2D eigenvalue weighted by molar-refractivity contribution is -0.481. The van der Waals surface area contributed by atoms with Gasteiger partial charge >= 0.3 is 5.97 Å². The van der Waals surface area contributed by atoms with Crippen molar-refractivity contribution in [3.05, 3.63) is 10.1 Å². The van der Waals surface area contributed by atoms with Gasteiger partial charge in [0.05, 0.1) is 0 Å². The number of nitrogens with zero attached hydrogens (tertiary/aromatic N) is 1. The van der Waals surface area contributed by atoms with Gasteiger partial charge in [-0.1, -0.05) is 6.92 Å². The molecular formula is C6H11NO4. The zero-order chi connectivity index (χ0) is 8.85. The summed E-state index contributed by atoms with van der Waals surface area (Å²) in [5, 5.41) is 18.1. The molecule has 0 amide bonds. The minimum atomic E-state index is -0.902. The van der Waals surface area contributed by atoms with Crippen molar-refractivity contribution in [3.63, 3.8) is 0 Å². The summed E-state index contributed by atoms with van der Waals surface area (Å²) in [5.74, 6) is -1.02. The molecule has 0 aromatic heterocycles. The van der Waals surface area contributed by atoms with Crippen molar-refractivity contribution in [3.8, 4) is 0 Å². The minimum absolute atomic E-state index is 0.00778. The number of hydrogen-bond acceptors (Lipinski definition) is 3. The van der Waals surface area contributed by atoms with Crippen LogP contribution in [0.25, 0.3) is 0 Å². The first-order valence-electron chi connectivity index (χ1n) is 3.36. The summed E-state index contributed by atoms with van der Waals surface area (Å²) >= 11 is 0. The minimum Gasteiger partial charge on any atom is -0.481 e. The van der Waals surface area contributed by atoms with E-state index in [4.69, 9.17) is 5.11 Å². The van der Waals surface area contributed by atoms with Gasteiger partial charge in [0.1, 0.15) is 0 Å². The molecule has 1 atom stereocenters. The summed E-state index contributed by atoms with van der Waals surface area (Å²) in [6, 6.07) is 0. The van der Waals surface area contributed by atoms with Crippen LogP contribution < -0.4 is 0 Å². The Morgan fingerprint density at radius 2 is 2.27 bits per heavy atom. The number of nitro groups is 1. The summed E-state index contributed by atoms with van der Waals surface area (Å²) in [6.07, 6.45) is 0.340. The molecule has 0 aromatic carbocycles. The van der Waals surface area contributed by atoms with Gasteiger partial charge in [0.15, 0.2) is 0 Å². The van der Waals surface area contributed by atoms with Crippen LogP contribution in [0.3, 0.4) is 0 Å². The van der Waals surface area contributed by atoms with Crippen molar-refractivity contribution in [1.82, 2.24) is 0 Å². The van der Waals surface area contributed by atoms with Crippen LogP contribution in [0.1, 0.15) is 19.8 Å². The van der Waals surface area contributed by atoms with Crippen LogP contribution in [-0.4, -0.2) is 22.5 Å². The van der Waals surface area contributed by atoms with E-state index in [0.29, 0.717) is 6.42 Å². The molecule has 1 N–H and O–H groups in total. The normalized spacial score (nSPS) is 12.5. The summed E-state index contributed by atoms with van der Waals surface area (Å²) in [4.78, 5) is 19.5. The van der Waals surface area contributed by atoms with Gasteiger partial charge in [0.25, 0.3) is 0 Å². The maximum absolute atomic E-state index is 10.1. The molecule has 11 heavy (non-hydrogen) atoms. The molecule has 0 aliphatic rings. The van der Waals surface area contributed by atoms with Crippen LogP contribution in [0.4, 0.5) is 0 Å². The van der Waals surface area contributed by atoms with Crippen molar-refractivity contribution in [2.24, 2.45) is 5.92 Å². The summed E-state index contributed by atoms with van der Waals surface area (Å²) in [5.41, 5.74) is 0. The zero-order valence-electron chi connectivity index (χ0n) is 6.32. The van der Waals surface area contributed by atoms with E-state index in [-0.39, 0.29) is 18.9 Å². The summed E-state index contributed by atoms with van der Waals surface area (Å²) in [6.45, 7) is 1.55. The number of rotatable bonds is 5. The fraction of sp³-hybridized carbons (Fsp3) is 0.833. The van der Waals surface area contributed by atoms with Gasteiger partial charge in [-0.15, -0.1) is 0 Å². The molecule has 0 fully saturated rings. The second-order valence-electron chi connectivity index (χ2n) is 2.55. The second-order valence-corrected chi connectivity index (χ2v) is 2.55. The van der Waals surface area contributed by atoms with E-state index in [1.165, 1.54) is 0 Å². The average molecular weight is 161 g/mol. The molecule has 64 valence electrons. The quantitative estimate of drug-likeness (QED) is 0.476. The van der Waals surface area contributed by atoms with Gasteiger partial charge in [-0.2, -0.15) is 0 Å². The molecule has 0 rings (SSSR count). The van der Waals surface area contributed by atoms with Crippen LogP contribution in [0.2, 0.25) is 0 Å². The fourth-order valence-corrected chi connectivity index (χ4v) is 0.726. The third-order valence-corrected chi connectivity index (χ3v) is 1.33. The molecule has 0 bridgehead atoms. The molecule has 0 heterocycles. The highest BCUT2D eigenvalue weighted by molar-refractivity contribution is 5.66. The highest BCUT2D eigenvalue weighted by atomic mass is 16.6.